The van der Waals surface area contributed by atoms with Crippen molar-refractivity contribution in [3.05, 3.63) is 41.0 Å². The number of amides is 2. The van der Waals surface area contributed by atoms with E-state index in [9.17, 15) is 9.59 Å². The molecular weight excluding hydrogens is 384 g/mol. The second kappa shape index (κ2) is 10.3. The minimum absolute atomic E-state index is 0.0458. The van der Waals surface area contributed by atoms with Crippen molar-refractivity contribution < 1.29 is 18.8 Å². The van der Waals surface area contributed by atoms with Crippen LogP contribution < -0.4 is 5.32 Å². The first-order valence-electron chi connectivity index (χ1n) is 10.6. The van der Waals surface area contributed by atoms with E-state index in [1.807, 2.05) is 19.9 Å². The molecular formula is C22H30N4O4. The second-order valence-corrected chi connectivity index (χ2v) is 7.63. The Labute approximate surface area is 177 Å². The van der Waals surface area contributed by atoms with Gasteiger partial charge in [0.25, 0.3) is 5.91 Å². The minimum Gasteiger partial charge on any atom is -0.384 e. The molecule has 3 rings (SSSR count). The fourth-order valence-corrected chi connectivity index (χ4v) is 3.62. The number of methoxy groups -OCH3 is 1. The van der Waals surface area contributed by atoms with Gasteiger partial charge in [0.2, 0.25) is 11.8 Å². The van der Waals surface area contributed by atoms with Gasteiger partial charge in [-0.05, 0) is 50.3 Å². The average Bonchev–Trinajstić information content (AvgIpc) is 3.22. The molecule has 1 saturated heterocycles. The van der Waals surface area contributed by atoms with Crippen LogP contribution in [0.15, 0.2) is 22.7 Å². The van der Waals surface area contributed by atoms with E-state index in [0.717, 1.165) is 31.2 Å². The van der Waals surface area contributed by atoms with Gasteiger partial charge in [0.1, 0.15) is 6.04 Å². The van der Waals surface area contributed by atoms with Crippen LogP contribution in [0.25, 0.3) is 0 Å². The third-order valence-corrected chi connectivity index (χ3v) is 5.30. The number of rotatable bonds is 8. The van der Waals surface area contributed by atoms with Gasteiger partial charge in [-0.1, -0.05) is 18.1 Å². The number of piperidine rings is 1. The van der Waals surface area contributed by atoms with Crippen LogP contribution in [0.3, 0.4) is 0 Å². The number of nitrogens with zero attached hydrogens (tertiary/aromatic N) is 3. The van der Waals surface area contributed by atoms with Gasteiger partial charge in [0, 0.05) is 37.7 Å². The summed E-state index contributed by atoms with van der Waals surface area (Å²) in [6, 6.07) is 5.18. The molecule has 0 aliphatic carbocycles. The van der Waals surface area contributed by atoms with Crippen LogP contribution in [-0.2, 0) is 16.0 Å². The smallest absolute Gasteiger partial charge is 0.254 e. The monoisotopic (exact) mass is 414 g/mol. The van der Waals surface area contributed by atoms with E-state index in [2.05, 4.69) is 15.5 Å². The Balaban J connectivity index is 1.80. The minimum atomic E-state index is -0.241. The lowest BCUT2D eigenvalue weighted by atomic mass is 10.00. The zero-order chi connectivity index (χ0) is 21.5. The first-order valence-corrected chi connectivity index (χ1v) is 10.6. The summed E-state index contributed by atoms with van der Waals surface area (Å²) in [6.45, 7) is 5.02. The molecule has 1 aromatic carbocycles. The van der Waals surface area contributed by atoms with E-state index in [4.69, 9.17) is 9.26 Å². The van der Waals surface area contributed by atoms with Gasteiger partial charge in [-0.25, -0.2) is 0 Å². The zero-order valence-electron chi connectivity index (χ0n) is 17.9. The number of aromatic nitrogens is 2. The Hall–Kier alpha value is -2.74. The maximum Gasteiger partial charge on any atom is 0.254 e. The second-order valence-electron chi connectivity index (χ2n) is 7.63. The molecule has 1 fully saturated rings. The molecule has 1 aliphatic heterocycles. The molecule has 8 nitrogen and oxygen atoms in total. The predicted octanol–water partition coefficient (Wildman–Crippen LogP) is 3.67. The Bertz CT molecular complexity index is 880. The van der Waals surface area contributed by atoms with Crippen LogP contribution in [0.5, 0.6) is 0 Å². The number of benzene rings is 1. The summed E-state index contributed by atoms with van der Waals surface area (Å²) in [4.78, 5) is 31.6. The average molecular weight is 415 g/mol. The normalized spacial score (nSPS) is 16.5. The quantitative estimate of drug-likeness (QED) is 0.708. The van der Waals surface area contributed by atoms with Crippen molar-refractivity contribution in [2.45, 2.75) is 58.4 Å². The molecule has 0 radical (unpaired) electrons. The molecule has 30 heavy (non-hydrogen) atoms. The summed E-state index contributed by atoms with van der Waals surface area (Å²) in [7, 11) is 1.63. The van der Waals surface area contributed by atoms with Gasteiger partial charge in [-0.2, -0.15) is 4.98 Å². The summed E-state index contributed by atoms with van der Waals surface area (Å²) in [5.41, 5.74) is 2.14. The molecule has 0 bridgehead atoms. The third-order valence-electron chi connectivity index (χ3n) is 5.30. The lowest BCUT2D eigenvalue weighted by molar-refractivity contribution is -0.116. The van der Waals surface area contributed by atoms with Crippen molar-refractivity contribution in [2.24, 2.45) is 0 Å². The molecule has 2 amide bonds. The summed E-state index contributed by atoms with van der Waals surface area (Å²) in [5.74, 6) is 0.914. The highest BCUT2D eigenvalue weighted by Gasteiger charge is 2.32. The van der Waals surface area contributed by atoms with Gasteiger partial charge in [-0.3, -0.25) is 9.59 Å². The van der Waals surface area contributed by atoms with Gasteiger partial charge >= 0.3 is 0 Å². The fourth-order valence-electron chi connectivity index (χ4n) is 3.62. The van der Waals surface area contributed by atoms with Crippen molar-refractivity contribution >= 4 is 17.5 Å². The number of aryl methyl sites for hydroxylation is 1. The number of carbonyl (C=O) groups excluding carboxylic acids is 2. The predicted molar refractivity (Wildman–Crippen MR) is 112 cm³/mol. The topological polar surface area (TPSA) is 97.6 Å². The zero-order valence-corrected chi connectivity index (χ0v) is 17.9. The number of hydrogen-bond donors (Lipinski definition) is 1. The van der Waals surface area contributed by atoms with Crippen molar-refractivity contribution in [1.82, 2.24) is 15.0 Å². The Kier molecular flexibility index (Phi) is 7.57. The van der Waals surface area contributed by atoms with Crippen molar-refractivity contribution in [3.63, 3.8) is 0 Å². The van der Waals surface area contributed by atoms with E-state index in [1.54, 1.807) is 24.1 Å². The van der Waals surface area contributed by atoms with Crippen molar-refractivity contribution in [1.29, 1.82) is 0 Å². The van der Waals surface area contributed by atoms with Crippen molar-refractivity contribution in [2.75, 3.05) is 25.6 Å². The van der Waals surface area contributed by atoms with Crippen molar-refractivity contribution in [3.8, 4) is 0 Å². The van der Waals surface area contributed by atoms with Crippen LogP contribution >= 0.6 is 0 Å². The molecule has 1 aliphatic rings. The molecule has 2 heterocycles. The summed E-state index contributed by atoms with van der Waals surface area (Å²) in [6.07, 6.45) is 4.50. The SMILES string of the molecule is CCCC(=O)Nc1cc(C(=O)N2CCCCC2c2nc(CCOC)no2)ccc1C. The van der Waals surface area contributed by atoms with Crippen LogP contribution in [0.1, 0.15) is 72.7 Å². The number of ether oxygens (including phenoxy) is 1. The molecule has 1 atom stereocenters. The number of carbonyl (C=O) groups is 2. The molecule has 2 aromatic rings. The first-order chi connectivity index (χ1) is 14.5. The highest BCUT2D eigenvalue weighted by Crippen LogP contribution is 2.32. The lowest BCUT2D eigenvalue weighted by Gasteiger charge is -2.33. The summed E-state index contributed by atoms with van der Waals surface area (Å²) >= 11 is 0. The van der Waals surface area contributed by atoms with Crippen LogP contribution in [0, 0.1) is 6.92 Å². The molecule has 0 spiro atoms. The Morgan fingerprint density at radius 3 is 2.93 bits per heavy atom. The Morgan fingerprint density at radius 1 is 1.33 bits per heavy atom. The van der Waals surface area contributed by atoms with Gasteiger partial charge in [0.15, 0.2) is 5.82 Å². The van der Waals surface area contributed by atoms with Gasteiger partial charge < -0.3 is 19.5 Å². The number of hydrogen-bond acceptors (Lipinski definition) is 6. The highest BCUT2D eigenvalue weighted by atomic mass is 16.5. The van der Waals surface area contributed by atoms with Crippen LogP contribution in [-0.4, -0.2) is 47.1 Å². The van der Waals surface area contributed by atoms with Gasteiger partial charge in [-0.15, -0.1) is 0 Å². The third kappa shape index (κ3) is 5.24. The molecule has 1 unspecified atom stereocenters. The van der Waals surface area contributed by atoms with E-state index in [1.165, 1.54) is 0 Å². The summed E-state index contributed by atoms with van der Waals surface area (Å²) in [5, 5.41) is 6.93. The van der Waals surface area contributed by atoms with E-state index in [0.29, 0.717) is 49.0 Å². The first kappa shape index (κ1) is 22.0. The van der Waals surface area contributed by atoms with Crippen LogP contribution in [0.2, 0.25) is 0 Å². The number of anilines is 1. The number of nitrogens with one attached hydrogen (secondary N) is 1. The van der Waals surface area contributed by atoms with E-state index < -0.39 is 0 Å². The lowest BCUT2D eigenvalue weighted by Crippen LogP contribution is -2.38. The molecule has 8 heteroatoms. The van der Waals surface area contributed by atoms with E-state index in [-0.39, 0.29) is 17.9 Å². The molecule has 1 N–H and O–H groups in total. The van der Waals surface area contributed by atoms with E-state index >= 15 is 0 Å². The molecule has 162 valence electrons. The highest BCUT2D eigenvalue weighted by molar-refractivity contribution is 5.98. The maximum absolute atomic E-state index is 13.3. The summed E-state index contributed by atoms with van der Waals surface area (Å²) < 4.78 is 10.5. The maximum atomic E-state index is 13.3. The van der Waals surface area contributed by atoms with Gasteiger partial charge in [0.05, 0.1) is 6.61 Å². The Morgan fingerprint density at radius 2 is 2.17 bits per heavy atom. The largest absolute Gasteiger partial charge is 0.384 e. The molecule has 0 saturated carbocycles. The molecule has 1 aromatic heterocycles. The standard InChI is InChI=1S/C22H30N4O4/c1-4-7-20(27)23-17-14-16(10-9-15(17)2)22(28)26-12-6-5-8-18(26)21-24-19(25-30-21)11-13-29-3/h9-10,14,18H,4-8,11-13H2,1-3H3,(H,23,27). The van der Waals surface area contributed by atoms with Crippen LogP contribution in [0.4, 0.5) is 5.69 Å². The number of likely N-dealkylation sites (tertiary alicyclic amines) is 1. The fraction of sp³-hybridized carbons (Fsp3) is 0.545.